The van der Waals surface area contributed by atoms with Gasteiger partial charge in [-0.15, -0.1) is 0 Å². The molecular weight excluding hydrogens is 315 g/mol. The van der Waals surface area contributed by atoms with E-state index in [2.05, 4.69) is 53.2 Å². The largest absolute Gasteiger partial charge is 3.00 e. The molecule has 0 fully saturated rings. The molecule has 0 N–H and O–H groups in total. The zero-order valence-electron chi connectivity index (χ0n) is 11.7. The van der Waals surface area contributed by atoms with Gasteiger partial charge in [-0.2, -0.15) is 20.8 Å². The molecule has 18 heavy (non-hydrogen) atoms. The molecular formula is C14H22NO2Ru. The van der Waals surface area contributed by atoms with Crippen molar-refractivity contribution >= 4 is 13.6 Å². The number of hydrogen-bond acceptors (Lipinski definition) is 3. The van der Waals surface area contributed by atoms with Crippen LogP contribution in [0.1, 0.15) is 46.1 Å². The van der Waals surface area contributed by atoms with Crippen molar-refractivity contribution in [3.05, 3.63) is 36.0 Å². The molecule has 0 aliphatic rings. The van der Waals surface area contributed by atoms with E-state index in [4.69, 9.17) is 9.59 Å². The zero-order chi connectivity index (χ0) is 14.3. The number of aromatic nitrogens is 1. The summed E-state index contributed by atoms with van der Waals surface area (Å²) in [5.74, 6) is 2.04. The molecule has 0 aliphatic heterocycles. The number of rotatable bonds is 1. The number of hydrogen-bond donors (Lipinski definition) is 0. The molecule has 0 spiro atoms. The minimum absolute atomic E-state index is 0. The molecule has 0 amide bonds. The van der Waals surface area contributed by atoms with Gasteiger partial charge in [-0.1, -0.05) is 13.8 Å². The van der Waals surface area contributed by atoms with E-state index in [9.17, 15) is 0 Å². The summed E-state index contributed by atoms with van der Waals surface area (Å²) in [6, 6.07) is 4.09. The third-order valence-electron chi connectivity index (χ3n) is 1.37. The quantitative estimate of drug-likeness (QED) is 0.449. The molecule has 0 saturated carbocycles. The maximum atomic E-state index is 7.75. The summed E-state index contributed by atoms with van der Waals surface area (Å²) in [5.41, 5.74) is 1.35. The van der Waals surface area contributed by atoms with Gasteiger partial charge in [-0.3, -0.25) is 18.6 Å². The Balaban J connectivity index is -0.0000000937. The number of pyridine rings is 1. The Morgan fingerprint density at radius 3 is 1.44 bits per heavy atom. The molecule has 0 atom stereocenters. The van der Waals surface area contributed by atoms with Gasteiger partial charge in [-0.05, 0) is 23.6 Å². The van der Waals surface area contributed by atoms with Crippen molar-refractivity contribution in [3.63, 3.8) is 0 Å². The minimum Gasteiger partial charge on any atom is -0.545 e. The van der Waals surface area contributed by atoms with Crippen molar-refractivity contribution in [2.75, 3.05) is 0 Å². The van der Waals surface area contributed by atoms with E-state index >= 15 is 0 Å². The summed E-state index contributed by atoms with van der Waals surface area (Å²) in [4.78, 5) is 19.4. The van der Waals surface area contributed by atoms with Crippen LogP contribution in [0, 0.1) is 5.92 Å². The molecule has 4 heteroatoms. The first-order valence-electron chi connectivity index (χ1n) is 5.18. The molecule has 1 radical (unpaired) electrons. The predicted octanol–water partition coefficient (Wildman–Crippen LogP) is 3.27. The van der Waals surface area contributed by atoms with Gasteiger partial charge in [0.2, 0.25) is 0 Å². The molecule has 1 aromatic rings. The van der Waals surface area contributed by atoms with Gasteiger partial charge in [0.15, 0.2) is 0 Å². The van der Waals surface area contributed by atoms with Gasteiger partial charge in [0.05, 0.1) is 0 Å². The average molecular weight is 337 g/mol. The Labute approximate surface area is 124 Å². The zero-order valence-corrected chi connectivity index (χ0v) is 13.4. The molecule has 0 unspecified atom stereocenters. The Kier molecular flexibility index (Phi) is 30.7. The SMILES string of the molecule is CC(C)c1ccncc1.C[C-](C)C.[CH-]=O.[CH-]=O.[Ru+3]. The van der Waals surface area contributed by atoms with Crippen LogP contribution in [0.2, 0.25) is 0 Å². The molecule has 1 aromatic heterocycles. The fourth-order valence-corrected chi connectivity index (χ4v) is 0.748. The Bertz CT molecular complexity index is 236. The summed E-state index contributed by atoms with van der Waals surface area (Å²) in [6.07, 6.45) is 3.66. The average Bonchev–Trinajstić information content (AvgIpc) is 2.34. The summed E-state index contributed by atoms with van der Waals surface area (Å²) in [6.45, 7) is 17.1. The minimum atomic E-state index is 0. The second-order valence-electron chi connectivity index (χ2n) is 3.94. The first-order chi connectivity index (χ1) is 8.04. The van der Waals surface area contributed by atoms with Gasteiger partial charge >= 0.3 is 19.5 Å². The second-order valence-corrected chi connectivity index (χ2v) is 3.94. The van der Waals surface area contributed by atoms with Gasteiger partial charge in [0.1, 0.15) is 0 Å². The van der Waals surface area contributed by atoms with Crippen LogP contribution in [-0.2, 0) is 29.1 Å². The third kappa shape index (κ3) is 24.4. The summed E-state index contributed by atoms with van der Waals surface area (Å²) in [7, 11) is 0. The topological polar surface area (TPSA) is 47.0 Å². The van der Waals surface area contributed by atoms with Crippen LogP contribution >= 0.6 is 0 Å². The Morgan fingerprint density at radius 2 is 1.28 bits per heavy atom. The Morgan fingerprint density at radius 1 is 1.00 bits per heavy atom. The Hall–Kier alpha value is -0.887. The first-order valence-corrected chi connectivity index (χ1v) is 5.18. The molecule has 103 valence electrons. The van der Waals surface area contributed by atoms with E-state index < -0.39 is 0 Å². The smallest absolute Gasteiger partial charge is 0.545 e. The van der Waals surface area contributed by atoms with Crippen molar-refractivity contribution in [1.29, 1.82) is 0 Å². The standard InChI is InChI=1S/C8H11N.C4H9.2CHO.Ru/c1-7(2)8-3-5-9-6-4-8;1-4(2)3;2*1-2;/h3-7H,1-2H3;1-3H3;2*1H;/q;3*-1;+3. The van der Waals surface area contributed by atoms with E-state index in [-0.39, 0.29) is 19.5 Å². The summed E-state index contributed by atoms with van der Waals surface area (Å²) in [5, 5.41) is 0. The van der Waals surface area contributed by atoms with Crippen LogP contribution < -0.4 is 0 Å². The molecule has 0 saturated heterocycles. The third-order valence-corrected chi connectivity index (χ3v) is 1.37. The van der Waals surface area contributed by atoms with Crippen molar-refractivity contribution in [3.8, 4) is 0 Å². The molecule has 0 bridgehead atoms. The van der Waals surface area contributed by atoms with Crippen LogP contribution in [-0.4, -0.2) is 18.6 Å². The van der Waals surface area contributed by atoms with E-state index in [1.165, 1.54) is 11.5 Å². The van der Waals surface area contributed by atoms with Crippen LogP contribution in [0.25, 0.3) is 0 Å². The normalized spacial score (nSPS) is 7.50. The monoisotopic (exact) mass is 338 g/mol. The van der Waals surface area contributed by atoms with Gasteiger partial charge < -0.3 is 15.5 Å². The van der Waals surface area contributed by atoms with Crippen molar-refractivity contribution in [2.45, 2.75) is 40.5 Å². The maximum Gasteiger partial charge on any atom is 3.00 e. The van der Waals surface area contributed by atoms with Gasteiger partial charge in [0.25, 0.3) is 0 Å². The van der Waals surface area contributed by atoms with Crippen LogP contribution in [0.5, 0.6) is 0 Å². The molecule has 0 aliphatic carbocycles. The van der Waals surface area contributed by atoms with Crippen molar-refractivity contribution in [1.82, 2.24) is 4.98 Å². The molecule has 0 aromatic carbocycles. The molecule has 1 heterocycles. The number of nitrogens with zero attached hydrogens (tertiary/aromatic N) is 1. The fraction of sp³-hybridized carbons (Fsp3) is 0.429. The van der Waals surface area contributed by atoms with Crippen LogP contribution in [0.3, 0.4) is 0 Å². The van der Waals surface area contributed by atoms with Gasteiger partial charge in [0, 0.05) is 12.4 Å². The molecule has 1 rings (SSSR count). The van der Waals surface area contributed by atoms with E-state index in [1.807, 2.05) is 24.5 Å². The van der Waals surface area contributed by atoms with Crippen molar-refractivity contribution in [2.24, 2.45) is 0 Å². The van der Waals surface area contributed by atoms with Crippen molar-refractivity contribution < 1.29 is 29.1 Å². The van der Waals surface area contributed by atoms with Gasteiger partial charge in [-0.25, -0.2) is 0 Å². The van der Waals surface area contributed by atoms with Crippen LogP contribution in [0.15, 0.2) is 24.5 Å². The van der Waals surface area contributed by atoms with E-state index in [0.29, 0.717) is 5.92 Å². The predicted molar refractivity (Wildman–Crippen MR) is 72.1 cm³/mol. The molecule has 3 nitrogen and oxygen atoms in total. The maximum absolute atomic E-state index is 7.75. The second kappa shape index (κ2) is 21.4. The van der Waals surface area contributed by atoms with Crippen LogP contribution in [0.4, 0.5) is 0 Å². The van der Waals surface area contributed by atoms with E-state index in [1.54, 1.807) is 0 Å². The first kappa shape index (κ1) is 25.8. The fourth-order valence-electron chi connectivity index (χ4n) is 0.748. The number of carbonyl (C=O) groups excluding carboxylic acids is 2. The summed E-state index contributed by atoms with van der Waals surface area (Å²) >= 11 is 0. The van der Waals surface area contributed by atoms with E-state index in [0.717, 1.165) is 0 Å². The summed E-state index contributed by atoms with van der Waals surface area (Å²) < 4.78 is 0.